The smallest absolute Gasteiger partial charge is 0.255 e. The van der Waals surface area contributed by atoms with Crippen LogP contribution in [0.25, 0.3) is 5.69 Å². The molecule has 0 atom stereocenters. The van der Waals surface area contributed by atoms with E-state index in [0.717, 1.165) is 54.1 Å². The Hall–Kier alpha value is -3.15. The van der Waals surface area contributed by atoms with Crippen LogP contribution in [0.2, 0.25) is 0 Å². The Labute approximate surface area is 171 Å². The molecule has 6 nitrogen and oxygen atoms in total. The van der Waals surface area contributed by atoms with E-state index in [-0.39, 0.29) is 5.91 Å². The summed E-state index contributed by atoms with van der Waals surface area (Å²) < 4.78 is 7.17. The molecule has 0 aliphatic heterocycles. The lowest BCUT2D eigenvalue weighted by atomic mass is 10.1. The van der Waals surface area contributed by atoms with Gasteiger partial charge in [-0.05, 0) is 48.7 Å². The summed E-state index contributed by atoms with van der Waals surface area (Å²) in [5, 5.41) is 7.87. The molecule has 152 valence electrons. The summed E-state index contributed by atoms with van der Waals surface area (Å²) in [6.45, 7) is 4.66. The molecular weight excluding hydrogens is 364 g/mol. The summed E-state index contributed by atoms with van der Waals surface area (Å²) in [6, 6.07) is 11.6. The molecule has 1 aromatic carbocycles. The van der Waals surface area contributed by atoms with Gasteiger partial charge >= 0.3 is 0 Å². The molecule has 0 bridgehead atoms. The summed E-state index contributed by atoms with van der Waals surface area (Å²) in [7, 11) is 1.65. The fourth-order valence-electron chi connectivity index (χ4n) is 3.36. The zero-order valence-corrected chi connectivity index (χ0v) is 17.3. The predicted molar refractivity (Wildman–Crippen MR) is 114 cm³/mol. The van der Waals surface area contributed by atoms with Crippen molar-refractivity contribution in [2.45, 2.75) is 46.1 Å². The van der Waals surface area contributed by atoms with Gasteiger partial charge in [-0.15, -0.1) is 0 Å². The highest BCUT2D eigenvalue weighted by Crippen LogP contribution is 2.23. The van der Waals surface area contributed by atoms with E-state index in [2.05, 4.69) is 24.1 Å². The van der Waals surface area contributed by atoms with Gasteiger partial charge in [-0.25, -0.2) is 4.68 Å². The number of nitrogens with zero attached hydrogens (tertiary/aromatic N) is 3. The van der Waals surface area contributed by atoms with Gasteiger partial charge in [-0.2, -0.15) is 5.10 Å². The number of carbonyl (C=O) groups excluding carboxylic acids is 1. The average Bonchev–Trinajstić information content (AvgIpc) is 3.11. The highest BCUT2D eigenvalue weighted by molar-refractivity contribution is 5.96. The van der Waals surface area contributed by atoms with Crippen LogP contribution in [-0.4, -0.2) is 27.8 Å². The van der Waals surface area contributed by atoms with E-state index in [4.69, 9.17) is 9.84 Å². The maximum atomic E-state index is 13.1. The van der Waals surface area contributed by atoms with Crippen molar-refractivity contribution >= 4 is 5.91 Å². The molecule has 0 saturated carbocycles. The summed E-state index contributed by atoms with van der Waals surface area (Å²) in [5.41, 5.74) is 4.39. The largest absolute Gasteiger partial charge is 0.497 e. The number of ether oxygens (including phenoxy) is 1. The maximum Gasteiger partial charge on any atom is 0.255 e. The van der Waals surface area contributed by atoms with Crippen LogP contribution in [0.15, 0.2) is 48.8 Å². The Morgan fingerprint density at radius 2 is 1.86 bits per heavy atom. The molecule has 3 aromatic rings. The van der Waals surface area contributed by atoms with Crippen LogP contribution in [0.4, 0.5) is 0 Å². The minimum Gasteiger partial charge on any atom is -0.497 e. The van der Waals surface area contributed by atoms with Crippen molar-refractivity contribution in [2.24, 2.45) is 0 Å². The van der Waals surface area contributed by atoms with E-state index >= 15 is 0 Å². The van der Waals surface area contributed by atoms with Crippen molar-refractivity contribution in [3.8, 4) is 11.4 Å². The van der Waals surface area contributed by atoms with Gasteiger partial charge in [0.05, 0.1) is 29.7 Å². The summed E-state index contributed by atoms with van der Waals surface area (Å²) in [6.07, 6.45) is 6.88. The van der Waals surface area contributed by atoms with E-state index < -0.39 is 0 Å². The second-order valence-electron chi connectivity index (χ2n) is 6.92. The van der Waals surface area contributed by atoms with E-state index in [1.54, 1.807) is 19.5 Å². The van der Waals surface area contributed by atoms with Crippen LogP contribution in [0, 0.1) is 0 Å². The first-order valence-electron chi connectivity index (χ1n) is 10.1. The van der Waals surface area contributed by atoms with Crippen LogP contribution in [-0.2, 0) is 19.4 Å². The molecule has 0 unspecified atom stereocenters. The van der Waals surface area contributed by atoms with E-state index in [9.17, 15) is 4.79 Å². The number of nitrogens with one attached hydrogen (secondary N) is 1. The van der Waals surface area contributed by atoms with Gasteiger partial charge in [0.25, 0.3) is 5.91 Å². The van der Waals surface area contributed by atoms with Crippen molar-refractivity contribution in [3.63, 3.8) is 0 Å². The van der Waals surface area contributed by atoms with Crippen molar-refractivity contribution < 1.29 is 9.53 Å². The number of aromatic nitrogens is 3. The van der Waals surface area contributed by atoms with Crippen molar-refractivity contribution in [1.82, 2.24) is 20.1 Å². The van der Waals surface area contributed by atoms with Crippen molar-refractivity contribution in [3.05, 3.63) is 71.3 Å². The van der Waals surface area contributed by atoms with Crippen molar-refractivity contribution in [1.29, 1.82) is 0 Å². The lowest BCUT2D eigenvalue weighted by Gasteiger charge is -2.10. The second kappa shape index (κ2) is 9.87. The van der Waals surface area contributed by atoms with Crippen LogP contribution in [0.3, 0.4) is 0 Å². The fourth-order valence-corrected chi connectivity index (χ4v) is 3.36. The Morgan fingerprint density at radius 1 is 1.10 bits per heavy atom. The minimum absolute atomic E-state index is 0.0829. The molecule has 1 N–H and O–H groups in total. The average molecular weight is 393 g/mol. The maximum absolute atomic E-state index is 13.1. The number of rotatable bonds is 9. The predicted octanol–water partition coefficient (Wildman–Crippen LogP) is 4.11. The molecule has 0 fully saturated rings. The monoisotopic (exact) mass is 392 g/mol. The summed E-state index contributed by atoms with van der Waals surface area (Å²) in [5.74, 6) is 0.710. The highest BCUT2D eigenvalue weighted by Gasteiger charge is 2.23. The van der Waals surface area contributed by atoms with E-state index in [1.165, 1.54) is 0 Å². The van der Waals surface area contributed by atoms with Gasteiger partial charge in [0, 0.05) is 18.9 Å². The highest BCUT2D eigenvalue weighted by atomic mass is 16.5. The number of aryl methyl sites for hydroxylation is 1. The third kappa shape index (κ3) is 4.83. The fraction of sp³-hybridized carbons (Fsp3) is 0.348. The molecule has 2 aromatic heterocycles. The van der Waals surface area contributed by atoms with Gasteiger partial charge in [0.1, 0.15) is 5.75 Å². The zero-order chi connectivity index (χ0) is 20.6. The van der Waals surface area contributed by atoms with Gasteiger partial charge < -0.3 is 10.1 Å². The number of amides is 1. The third-order valence-corrected chi connectivity index (χ3v) is 4.75. The first-order valence-corrected chi connectivity index (χ1v) is 10.1. The normalized spacial score (nSPS) is 10.7. The quantitative estimate of drug-likeness (QED) is 0.595. The number of pyridine rings is 1. The number of benzene rings is 1. The molecule has 0 radical (unpaired) electrons. The van der Waals surface area contributed by atoms with Gasteiger partial charge in [-0.3, -0.25) is 9.78 Å². The Kier molecular flexibility index (Phi) is 7.00. The van der Waals surface area contributed by atoms with Crippen LogP contribution in [0.5, 0.6) is 5.75 Å². The molecule has 0 aliphatic carbocycles. The van der Waals surface area contributed by atoms with Gasteiger partial charge in [-0.1, -0.05) is 32.8 Å². The molecule has 29 heavy (non-hydrogen) atoms. The van der Waals surface area contributed by atoms with Gasteiger partial charge in [0.15, 0.2) is 0 Å². The molecule has 2 heterocycles. The summed E-state index contributed by atoms with van der Waals surface area (Å²) in [4.78, 5) is 17.3. The Balaban J connectivity index is 1.96. The minimum atomic E-state index is -0.0829. The molecule has 0 aliphatic rings. The topological polar surface area (TPSA) is 69.0 Å². The molecule has 1 amide bonds. The zero-order valence-electron chi connectivity index (χ0n) is 17.3. The SMILES string of the molecule is CCCc1nn(-c2ccc(OC)cc2)c(CCC)c1C(=O)NCc1cccnc1. The Morgan fingerprint density at radius 3 is 2.48 bits per heavy atom. The lowest BCUT2D eigenvalue weighted by Crippen LogP contribution is -2.25. The molecular formula is C23H28N4O2. The lowest BCUT2D eigenvalue weighted by molar-refractivity contribution is 0.0949. The number of methoxy groups -OCH3 is 1. The van der Waals surface area contributed by atoms with Gasteiger partial charge in [0.2, 0.25) is 0 Å². The molecule has 0 spiro atoms. The Bertz CT molecular complexity index is 934. The molecule has 0 saturated heterocycles. The van der Waals surface area contributed by atoms with Crippen LogP contribution >= 0.6 is 0 Å². The number of hydrogen-bond acceptors (Lipinski definition) is 4. The third-order valence-electron chi connectivity index (χ3n) is 4.75. The number of carbonyl (C=O) groups is 1. The van der Waals surface area contributed by atoms with Crippen molar-refractivity contribution in [2.75, 3.05) is 7.11 Å². The molecule has 3 rings (SSSR count). The van der Waals surface area contributed by atoms with Crippen LogP contribution < -0.4 is 10.1 Å². The first kappa shape index (κ1) is 20.6. The van der Waals surface area contributed by atoms with E-state index in [0.29, 0.717) is 12.1 Å². The molecule has 6 heteroatoms. The van der Waals surface area contributed by atoms with E-state index in [1.807, 2.05) is 41.1 Å². The van der Waals surface area contributed by atoms with Crippen LogP contribution in [0.1, 0.15) is 54.0 Å². The second-order valence-corrected chi connectivity index (χ2v) is 6.92. The standard InChI is InChI=1S/C23H28N4O2/c1-4-7-20-22(23(28)25-16-17-9-6-14-24-15-17)21(8-5-2)27(26-20)18-10-12-19(29-3)13-11-18/h6,9-15H,4-5,7-8,16H2,1-3H3,(H,25,28). The summed E-state index contributed by atoms with van der Waals surface area (Å²) >= 11 is 0. The number of hydrogen-bond donors (Lipinski definition) is 1. The first-order chi connectivity index (χ1) is 14.2.